The maximum absolute atomic E-state index is 12.4. The van der Waals surface area contributed by atoms with Gasteiger partial charge in [-0.15, -0.1) is 21.5 Å². The highest BCUT2D eigenvalue weighted by atomic mass is 32.2. The van der Waals surface area contributed by atoms with E-state index < -0.39 is 0 Å². The first-order valence-electron chi connectivity index (χ1n) is 10.1. The molecule has 0 unspecified atom stereocenters. The van der Waals surface area contributed by atoms with E-state index in [0.717, 1.165) is 24.1 Å². The van der Waals surface area contributed by atoms with E-state index in [4.69, 9.17) is 0 Å². The molecular formula is C21H23N5O2S3. The van der Waals surface area contributed by atoms with Crippen molar-refractivity contribution in [2.45, 2.75) is 50.4 Å². The second kappa shape index (κ2) is 9.46. The molecule has 2 aromatic heterocycles. The summed E-state index contributed by atoms with van der Waals surface area (Å²) >= 11 is 4.08. The maximum Gasteiger partial charge on any atom is 0.236 e. The molecule has 0 saturated heterocycles. The van der Waals surface area contributed by atoms with Crippen molar-refractivity contribution in [1.82, 2.24) is 15.2 Å². The van der Waals surface area contributed by atoms with Crippen molar-refractivity contribution in [3.63, 3.8) is 0 Å². The number of hydrogen-bond acceptors (Lipinski definition) is 8. The molecular weight excluding hydrogens is 450 g/mol. The molecule has 1 aromatic carbocycles. The third-order valence-electron chi connectivity index (χ3n) is 4.96. The van der Waals surface area contributed by atoms with Crippen molar-refractivity contribution >= 4 is 56.5 Å². The highest BCUT2D eigenvalue weighted by molar-refractivity contribution is 8.01. The Kier molecular flexibility index (Phi) is 6.68. The number of nitrogens with zero attached hydrogens (tertiary/aromatic N) is 4. The molecule has 0 atom stereocenters. The lowest BCUT2D eigenvalue weighted by atomic mass is 10.1. The largest absolute Gasteiger partial charge is 0.301 e. The van der Waals surface area contributed by atoms with Gasteiger partial charge in [0.15, 0.2) is 9.47 Å². The second-order valence-corrected chi connectivity index (χ2v) is 10.4. The lowest BCUT2D eigenvalue weighted by Gasteiger charge is -2.17. The normalized spacial score (nSPS) is 13.3. The first-order chi connectivity index (χ1) is 14.9. The Morgan fingerprint density at radius 3 is 2.74 bits per heavy atom. The van der Waals surface area contributed by atoms with Crippen LogP contribution in [0.1, 0.15) is 37.3 Å². The highest BCUT2D eigenvalue weighted by Crippen LogP contribution is 2.36. The summed E-state index contributed by atoms with van der Waals surface area (Å²) in [5.74, 6) is 0.126. The number of thioether (sulfide) groups is 1. The molecule has 1 N–H and O–H groups in total. The van der Waals surface area contributed by atoms with Gasteiger partial charge in [-0.2, -0.15) is 0 Å². The SMILES string of the molecule is CCC(=O)N(c1nnc(SCC(=O)Nc2nc(-c3ccc(C)c(C)c3)cs2)s1)C1CC1. The Labute approximate surface area is 193 Å². The minimum absolute atomic E-state index is 0.0660. The van der Waals surface area contributed by atoms with E-state index in [2.05, 4.69) is 46.5 Å². The standard InChI is InChI=1S/C21H23N5O2S3/c1-4-18(28)26(15-7-8-15)20-24-25-21(31-20)30-11-17(27)23-19-22-16(10-29-19)14-6-5-12(2)13(3)9-14/h5-6,9-10,15H,4,7-8,11H2,1-3H3,(H,22,23,27). The first-order valence-corrected chi connectivity index (χ1v) is 12.7. The van der Waals surface area contributed by atoms with E-state index in [9.17, 15) is 9.59 Å². The number of hydrogen-bond donors (Lipinski definition) is 1. The van der Waals surface area contributed by atoms with E-state index in [0.29, 0.717) is 21.0 Å². The van der Waals surface area contributed by atoms with Crippen LogP contribution in [0, 0.1) is 13.8 Å². The predicted molar refractivity (Wildman–Crippen MR) is 127 cm³/mol. The molecule has 2 heterocycles. The van der Waals surface area contributed by atoms with Gasteiger partial charge in [0.1, 0.15) is 0 Å². The van der Waals surface area contributed by atoms with Crippen molar-refractivity contribution in [1.29, 1.82) is 0 Å². The van der Waals surface area contributed by atoms with Gasteiger partial charge in [0, 0.05) is 23.4 Å². The van der Waals surface area contributed by atoms with Gasteiger partial charge in [0.05, 0.1) is 11.4 Å². The minimum atomic E-state index is -0.147. The number of carbonyl (C=O) groups excluding carboxylic acids is 2. The van der Waals surface area contributed by atoms with Crippen LogP contribution >= 0.6 is 34.4 Å². The van der Waals surface area contributed by atoms with Crippen LogP contribution in [0.2, 0.25) is 0 Å². The summed E-state index contributed by atoms with van der Waals surface area (Å²) in [4.78, 5) is 30.9. The van der Waals surface area contributed by atoms with Gasteiger partial charge in [-0.1, -0.05) is 42.2 Å². The van der Waals surface area contributed by atoms with Crippen molar-refractivity contribution in [2.75, 3.05) is 16.0 Å². The fraction of sp³-hybridized carbons (Fsp3) is 0.381. The molecule has 1 saturated carbocycles. The molecule has 10 heteroatoms. The Hall–Kier alpha value is -2.30. The number of carbonyl (C=O) groups is 2. The van der Waals surface area contributed by atoms with Crippen LogP contribution in [0.3, 0.4) is 0 Å². The quantitative estimate of drug-likeness (QED) is 0.369. The molecule has 31 heavy (non-hydrogen) atoms. The molecule has 0 aliphatic heterocycles. The zero-order valence-corrected chi connectivity index (χ0v) is 20.0. The van der Waals surface area contributed by atoms with Gasteiger partial charge in [0.25, 0.3) is 0 Å². The number of anilines is 2. The Balaban J connectivity index is 1.33. The van der Waals surface area contributed by atoms with Crippen molar-refractivity contribution in [3.05, 3.63) is 34.7 Å². The average molecular weight is 474 g/mol. The molecule has 162 valence electrons. The zero-order chi connectivity index (χ0) is 22.0. The highest BCUT2D eigenvalue weighted by Gasteiger charge is 2.35. The van der Waals surface area contributed by atoms with E-state index in [-0.39, 0.29) is 23.6 Å². The van der Waals surface area contributed by atoms with Gasteiger partial charge in [-0.05, 0) is 43.9 Å². The first kappa shape index (κ1) is 21.9. The minimum Gasteiger partial charge on any atom is -0.301 e. The fourth-order valence-corrected chi connectivity index (χ4v) is 5.44. The average Bonchev–Trinajstić information content (AvgIpc) is 3.28. The summed E-state index contributed by atoms with van der Waals surface area (Å²) in [6.45, 7) is 6.00. The van der Waals surface area contributed by atoms with Crippen molar-refractivity contribution in [3.8, 4) is 11.3 Å². The second-order valence-electron chi connectivity index (χ2n) is 7.37. The van der Waals surface area contributed by atoms with Gasteiger partial charge in [0.2, 0.25) is 16.9 Å². The summed E-state index contributed by atoms with van der Waals surface area (Å²) < 4.78 is 0.676. The number of benzene rings is 1. The Morgan fingerprint density at radius 1 is 1.23 bits per heavy atom. The van der Waals surface area contributed by atoms with E-state index in [1.165, 1.54) is 45.6 Å². The van der Waals surface area contributed by atoms with E-state index in [1.54, 1.807) is 4.90 Å². The van der Waals surface area contributed by atoms with Crippen LogP contribution in [-0.2, 0) is 9.59 Å². The number of aromatic nitrogens is 3. The number of amides is 2. The molecule has 2 amide bonds. The summed E-state index contributed by atoms with van der Waals surface area (Å²) in [5.41, 5.74) is 4.34. The molecule has 3 aromatic rings. The number of thiazole rings is 1. The van der Waals surface area contributed by atoms with Gasteiger partial charge in [-0.25, -0.2) is 4.98 Å². The van der Waals surface area contributed by atoms with Crippen LogP contribution in [0.25, 0.3) is 11.3 Å². The third kappa shape index (κ3) is 5.31. The third-order valence-corrected chi connectivity index (χ3v) is 7.78. The predicted octanol–water partition coefficient (Wildman–Crippen LogP) is 4.91. The lowest BCUT2D eigenvalue weighted by molar-refractivity contribution is -0.118. The topological polar surface area (TPSA) is 88.1 Å². The summed E-state index contributed by atoms with van der Waals surface area (Å²) in [6, 6.07) is 6.47. The molecule has 4 rings (SSSR count). The maximum atomic E-state index is 12.4. The lowest BCUT2D eigenvalue weighted by Crippen LogP contribution is -2.32. The Bertz CT molecular complexity index is 1110. The van der Waals surface area contributed by atoms with Crippen LogP contribution in [0.4, 0.5) is 10.3 Å². The van der Waals surface area contributed by atoms with Gasteiger partial charge < -0.3 is 5.32 Å². The van der Waals surface area contributed by atoms with E-state index >= 15 is 0 Å². The van der Waals surface area contributed by atoms with Crippen LogP contribution < -0.4 is 10.2 Å². The molecule has 1 aliphatic rings. The van der Waals surface area contributed by atoms with E-state index in [1.807, 2.05) is 18.4 Å². The summed E-state index contributed by atoms with van der Waals surface area (Å²) in [5, 5.41) is 14.3. The van der Waals surface area contributed by atoms with Crippen molar-refractivity contribution in [2.24, 2.45) is 0 Å². The Morgan fingerprint density at radius 2 is 2.03 bits per heavy atom. The van der Waals surface area contributed by atoms with Crippen LogP contribution in [0.15, 0.2) is 27.9 Å². The van der Waals surface area contributed by atoms with Crippen LogP contribution in [0.5, 0.6) is 0 Å². The monoisotopic (exact) mass is 473 g/mol. The molecule has 1 aliphatic carbocycles. The van der Waals surface area contributed by atoms with Crippen LogP contribution in [-0.4, -0.2) is 38.8 Å². The molecule has 0 spiro atoms. The summed E-state index contributed by atoms with van der Waals surface area (Å²) in [6.07, 6.45) is 2.46. The number of nitrogens with one attached hydrogen (secondary N) is 1. The molecule has 7 nitrogen and oxygen atoms in total. The van der Waals surface area contributed by atoms with Gasteiger partial charge in [-0.3, -0.25) is 14.5 Å². The smallest absolute Gasteiger partial charge is 0.236 e. The van der Waals surface area contributed by atoms with Gasteiger partial charge >= 0.3 is 0 Å². The molecule has 0 radical (unpaired) electrons. The number of rotatable bonds is 8. The fourth-order valence-electron chi connectivity index (χ4n) is 2.97. The van der Waals surface area contributed by atoms with Crippen molar-refractivity contribution < 1.29 is 9.59 Å². The number of aryl methyl sites for hydroxylation is 2. The molecule has 0 bridgehead atoms. The summed E-state index contributed by atoms with van der Waals surface area (Å²) in [7, 11) is 0. The zero-order valence-electron chi connectivity index (χ0n) is 17.5. The molecule has 1 fully saturated rings.